The number of piperidine rings is 1. The Labute approximate surface area is 144 Å². The highest BCUT2D eigenvalue weighted by atomic mass is 19.1. The van der Waals surface area contributed by atoms with E-state index in [9.17, 15) is 18.4 Å². The Bertz CT molecular complexity index is 760. The average Bonchev–Trinajstić information content (AvgIpc) is 2.61. The molecule has 0 spiro atoms. The number of nitrogens with zero attached hydrogens (tertiary/aromatic N) is 1. The van der Waals surface area contributed by atoms with Crippen LogP contribution in [-0.2, 0) is 0 Å². The van der Waals surface area contributed by atoms with Crippen molar-refractivity contribution in [2.45, 2.75) is 18.9 Å². The number of hydrogen-bond donors (Lipinski definition) is 1. The van der Waals surface area contributed by atoms with E-state index >= 15 is 0 Å². The van der Waals surface area contributed by atoms with Gasteiger partial charge in [-0.3, -0.25) is 9.59 Å². The molecule has 2 aromatic rings. The first-order chi connectivity index (χ1) is 12.0. The zero-order valence-electron chi connectivity index (χ0n) is 13.5. The van der Waals surface area contributed by atoms with Gasteiger partial charge in [0, 0.05) is 36.3 Å². The van der Waals surface area contributed by atoms with E-state index in [0.717, 1.165) is 24.6 Å². The van der Waals surface area contributed by atoms with Crippen LogP contribution < -0.4 is 5.32 Å². The fourth-order valence-electron chi connectivity index (χ4n) is 3.00. The van der Waals surface area contributed by atoms with Crippen molar-refractivity contribution >= 4 is 11.8 Å². The largest absolute Gasteiger partial charge is 0.348 e. The fourth-order valence-corrected chi connectivity index (χ4v) is 3.00. The molecule has 1 aliphatic rings. The van der Waals surface area contributed by atoms with Crippen molar-refractivity contribution in [3.63, 3.8) is 0 Å². The maximum Gasteiger partial charge on any atom is 0.253 e. The second-order valence-corrected chi connectivity index (χ2v) is 6.09. The van der Waals surface area contributed by atoms with Crippen molar-refractivity contribution in [1.29, 1.82) is 0 Å². The first kappa shape index (κ1) is 17.1. The molecule has 6 heteroatoms. The third kappa shape index (κ3) is 4.21. The number of halogens is 2. The number of nitrogens with one attached hydrogen (secondary N) is 1. The van der Waals surface area contributed by atoms with Crippen LogP contribution in [0.2, 0.25) is 0 Å². The van der Waals surface area contributed by atoms with Crippen LogP contribution in [0.25, 0.3) is 0 Å². The lowest BCUT2D eigenvalue weighted by atomic mass is 10.0. The summed E-state index contributed by atoms with van der Waals surface area (Å²) in [6, 6.07) is 11.4. The van der Waals surface area contributed by atoms with Crippen LogP contribution >= 0.6 is 0 Å². The lowest BCUT2D eigenvalue weighted by Gasteiger charge is -2.33. The van der Waals surface area contributed by atoms with Gasteiger partial charge < -0.3 is 10.2 Å². The van der Waals surface area contributed by atoms with Crippen LogP contribution in [-0.4, -0.2) is 35.8 Å². The van der Waals surface area contributed by atoms with Crippen LogP contribution in [0.15, 0.2) is 48.5 Å². The molecule has 2 amide bonds. The minimum Gasteiger partial charge on any atom is -0.348 e. The summed E-state index contributed by atoms with van der Waals surface area (Å²) in [5.74, 6) is -2.22. The van der Waals surface area contributed by atoms with Gasteiger partial charge in [0.2, 0.25) is 0 Å². The van der Waals surface area contributed by atoms with Crippen molar-refractivity contribution < 1.29 is 18.4 Å². The van der Waals surface area contributed by atoms with Crippen LogP contribution in [0.3, 0.4) is 0 Å². The van der Waals surface area contributed by atoms with E-state index in [0.29, 0.717) is 25.1 Å². The Morgan fingerprint density at radius 2 is 1.68 bits per heavy atom. The summed E-state index contributed by atoms with van der Waals surface area (Å²) in [5, 5.41) is 2.76. The Morgan fingerprint density at radius 3 is 2.36 bits per heavy atom. The molecule has 0 bridgehead atoms. The van der Waals surface area contributed by atoms with E-state index in [1.807, 2.05) is 6.07 Å². The lowest BCUT2D eigenvalue weighted by molar-refractivity contribution is 0.0676. The van der Waals surface area contributed by atoms with Gasteiger partial charge in [-0.15, -0.1) is 0 Å². The van der Waals surface area contributed by atoms with E-state index in [1.54, 1.807) is 29.2 Å². The normalized spacial score (nSPS) is 17.2. The fraction of sp³-hybridized carbons (Fsp3) is 0.263. The molecule has 0 aromatic heterocycles. The van der Waals surface area contributed by atoms with Crippen molar-refractivity contribution in [3.05, 3.63) is 71.3 Å². The summed E-state index contributed by atoms with van der Waals surface area (Å²) in [7, 11) is 0. The van der Waals surface area contributed by atoms with Crippen LogP contribution in [0.1, 0.15) is 33.6 Å². The third-order valence-electron chi connectivity index (χ3n) is 4.19. The van der Waals surface area contributed by atoms with E-state index in [1.165, 1.54) is 0 Å². The summed E-state index contributed by atoms with van der Waals surface area (Å²) >= 11 is 0. The monoisotopic (exact) mass is 344 g/mol. The van der Waals surface area contributed by atoms with E-state index in [2.05, 4.69) is 5.32 Å². The topological polar surface area (TPSA) is 49.4 Å². The molecule has 1 saturated heterocycles. The highest BCUT2D eigenvalue weighted by Crippen LogP contribution is 2.15. The van der Waals surface area contributed by atoms with Crippen molar-refractivity contribution in [2.24, 2.45) is 0 Å². The smallest absolute Gasteiger partial charge is 0.253 e. The van der Waals surface area contributed by atoms with Crippen LogP contribution in [0, 0.1) is 11.6 Å². The standard InChI is InChI=1S/C19H18F2N2O2/c20-15-9-14(10-16(21)11-15)18(24)22-17-7-4-8-23(12-17)19(25)13-5-2-1-3-6-13/h1-3,5-6,9-11,17H,4,7-8,12H2,(H,22,24)/t17-/m1/s1. The lowest BCUT2D eigenvalue weighted by Crippen LogP contribution is -2.49. The predicted molar refractivity (Wildman–Crippen MR) is 89.2 cm³/mol. The molecule has 0 aliphatic carbocycles. The quantitative estimate of drug-likeness (QED) is 0.931. The van der Waals surface area contributed by atoms with Gasteiger partial charge in [0.05, 0.1) is 0 Å². The zero-order valence-corrected chi connectivity index (χ0v) is 13.5. The number of benzene rings is 2. The first-order valence-electron chi connectivity index (χ1n) is 8.14. The number of likely N-dealkylation sites (tertiary alicyclic amines) is 1. The molecular weight excluding hydrogens is 326 g/mol. The van der Waals surface area contributed by atoms with Crippen LogP contribution in [0.5, 0.6) is 0 Å². The highest BCUT2D eigenvalue weighted by molar-refractivity contribution is 5.95. The van der Waals surface area contributed by atoms with Crippen molar-refractivity contribution in [2.75, 3.05) is 13.1 Å². The maximum absolute atomic E-state index is 13.2. The molecule has 1 fully saturated rings. The molecule has 4 nitrogen and oxygen atoms in total. The molecule has 2 aromatic carbocycles. The zero-order chi connectivity index (χ0) is 17.8. The average molecular weight is 344 g/mol. The SMILES string of the molecule is O=C(N[C@@H]1CCCN(C(=O)c2ccccc2)C1)c1cc(F)cc(F)c1. The molecular formula is C19H18F2N2O2. The second-order valence-electron chi connectivity index (χ2n) is 6.09. The Kier molecular flexibility index (Phi) is 5.07. The summed E-state index contributed by atoms with van der Waals surface area (Å²) in [4.78, 5) is 26.4. The summed E-state index contributed by atoms with van der Waals surface area (Å²) in [5.41, 5.74) is 0.533. The maximum atomic E-state index is 13.2. The first-order valence-corrected chi connectivity index (χ1v) is 8.14. The van der Waals surface area contributed by atoms with Gasteiger partial charge in [-0.05, 0) is 37.1 Å². The molecule has 1 N–H and O–H groups in total. The van der Waals surface area contributed by atoms with E-state index < -0.39 is 17.5 Å². The molecule has 3 rings (SSSR count). The van der Waals surface area contributed by atoms with Gasteiger partial charge in [-0.25, -0.2) is 8.78 Å². The van der Waals surface area contributed by atoms with Gasteiger partial charge in [-0.2, -0.15) is 0 Å². The summed E-state index contributed by atoms with van der Waals surface area (Å²) in [6.07, 6.45) is 1.46. The van der Waals surface area contributed by atoms with Crippen LogP contribution in [0.4, 0.5) is 8.78 Å². The third-order valence-corrected chi connectivity index (χ3v) is 4.19. The molecule has 1 aliphatic heterocycles. The number of amides is 2. The molecule has 130 valence electrons. The van der Waals surface area contributed by atoms with Crippen molar-refractivity contribution in [1.82, 2.24) is 10.2 Å². The molecule has 1 heterocycles. The molecule has 0 radical (unpaired) electrons. The minimum absolute atomic E-state index is 0.0657. The van der Waals surface area contributed by atoms with E-state index in [-0.39, 0.29) is 17.5 Å². The summed E-state index contributed by atoms with van der Waals surface area (Å²) < 4.78 is 26.5. The Balaban J connectivity index is 1.65. The van der Waals surface area contributed by atoms with Gasteiger partial charge in [-0.1, -0.05) is 18.2 Å². The second kappa shape index (κ2) is 7.42. The van der Waals surface area contributed by atoms with Gasteiger partial charge in [0.25, 0.3) is 11.8 Å². The molecule has 0 saturated carbocycles. The molecule has 0 unspecified atom stereocenters. The Morgan fingerprint density at radius 1 is 1.00 bits per heavy atom. The van der Waals surface area contributed by atoms with Gasteiger partial charge in [0.1, 0.15) is 11.6 Å². The minimum atomic E-state index is -0.797. The molecule has 1 atom stereocenters. The van der Waals surface area contributed by atoms with E-state index in [4.69, 9.17) is 0 Å². The number of rotatable bonds is 3. The Hall–Kier alpha value is -2.76. The van der Waals surface area contributed by atoms with Gasteiger partial charge in [0.15, 0.2) is 0 Å². The predicted octanol–water partition coefficient (Wildman–Crippen LogP) is 3.00. The van der Waals surface area contributed by atoms with Gasteiger partial charge >= 0.3 is 0 Å². The summed E-state index contributed by atoms with van der Waals surface area (Å²) in [6.45, 7) is 0.992. The number of carbonyl (C=O) groups is 2. The highest BCUT2D eigenvalue weighted by Gasteiger charge is 2.26. The molecule has 25 heavy (non-hydrogen) atoms. The number of hydrogen-bond acceptors (Lipinski definition) is 2. The van der Waals surface area contributed by atoms with Crippen molar-refractivity contribution in [3.8, 4) is 0 Å². The number of carbonyl (C=O) groups excluding carboxylic acids is 2.